The maximum absolute atomic E-state index is 5.33. The maximum Gasteiger partial charge on any atom is 0.168 e. The first-order valence-electron chi connectivity index (χ1n) is 10.5. The standard InChI is InChI=1S/C21H24O4S.C4H10/c1-22-19-8-2-16(3-9-19)14-17-4-10-20(11-5-17)23-25-24-21-12-6-18(15-26)7-13-21;1-4(2)3/h2-4,6-10,12-13,17,20,26H,5,11,14-15H2,1H3;4H,1-3H3. The van der Waals surface area contributed by atoms with Crippen molar-refractivity contribution in [1.29, 1.82) is 0 Å². The highest BCUT2D eigenvalue weighted by Gasteiger charge is 2.18. The van der Waals surface area contributed by atoms with Crippen LogP contribution in [-0.4, -0.2) is 13.2 Å². The van der Waals surface area contributed by atoms with Crippen molar-refractivity contribution < 1.29 is 19.6 Å². The van der Waals surface area contributed by atoms with Crippen LogP contribution >= 0.6 is 12.6 Å². The molecule has 1 aliphatic rings. The van der Waals surface area contributed by atoms with Crippen LogP contribution in [0.25, 0.3) is 0 Å². The lowest BCUT2D eigenvalue weighted by Crippen LogP contribution is -2.18. The molecule has 0 amide bonds. The van der Waals surface area contributed by atoms with Crippen molar-refractivity contribution in [1.82, 2.24) is 0 Å². The molecule has 0 aliphatic heterocycles. The van der Waals surface area contributed by atoms with Gasteiger partial charge in [-0.1, -0.05) is 57.2 Å². The predicted molar refractivity (Wildman–Crippen MR) is 125 cm³/mol. The van der Waals surface area contributed by atoms with Gasteiger partial charge in [-0.2, -0.15) is 17.5 Å². The van der Waals surface area contributed by atoms with Crippen LogP contribution in [0.2, 0.25) is 0 Å². The molecular weight excluding hydrogens is 396 g/mol. The average molecular weight is 431 g/mol. The fraction of sp³-hybridized carbons (Fsp3) is 0.440. The van der Waals surface area contributed by atoms with E-state index in [0.717, 1.165) is 36.5 Å². The number of thiol groups is 1. The summed E-state index contributed by atoms with van der Waals surface area (Å²) in [5, 5.41) is 4.93. The van der Waals surface area contributed by atoms with Crippen LogP contribution in [0.15, 0.2) is 60.7 Å². The normalized spacial score (nSPS) is 17.9. The molecule has 30 heavy (non-hydrogen) atoms. The molecule has 2 aromatic rings. The first-order chi connectivity index (χ1) is 14.5. The van der Waals surface area contributed by atoms with E-state index in [4.69, 9.17) is 19.6 Å². The number of methoxy groups -OCH3 is 1. The monoisotopic (exact) mass is 430 g/mol. The Hall–Kier alpha value is -1.95. The number of benzene rings is 2. The van der Waals surface area contributed by atoms with Crippen LogP contribution in [0.1, 0.15) is 44.7 Å². The van der Waals surface area contributed by atoms with E-state index in [2.05, 4.69) is 51.6 Å². The van der Waals surface area contributed by atoms with Gasteiger partial charge in [-0.15, -0.1) is 0 Å². The van der Waals surface area contributed by atoms with Gasteiger partial charge in [0.1, 0.15) is 11.9 Å². The Bertz CT molecular complexity index is 738. The third kappa shape index (κ3) is 9.24. The van der Waals surface area contributed by atoms with Gasteiger partial charge in [0.2, 0.25) is 0 Å². The van der Waals surface area contributed by atoms with E-state index in [1.54, 1.807) is 7.11 Å². The SMILES string of the molecule is CC(C)C.COc1ccc(CC2C=CC(OOOc3ccc(CS)cc3)CC2)cc1. The highest BCUT2D eigenvalue weighted by atomic mass is 32.1. The van der Waals surface area contributed by atoms with Crippen LogP contribution in [0, 0.1) is 11.8 Å². The number of ether oxygens (including phenoxy) is 1. The smallest absolute Gasteiger partial charge is 0.168 e. The first kappa shape index (κ1) is 24.3. The van der Waals surface area contributed by atoms with Crippen molar-refractivity contribution in [3.8, 4) is 11.5 Å². The van der Waals surface area contributed by atoms with Crippen LogP contribution < -0.4 is 9.62 Å². The topological polar surface area (TPSA) is 36.9 Å². The molecule has 4 nitrogen and oxygen atoms in total. The zero-order chi connectivity index (χ0) is 21.8. The molecule has 0 radical (unpaired) electrons. The van der Waals surface area contributed by atoms with E-state index in [1.165, 1.54) is 5.56 Å². The molecule has 2 atom stereocenters. The highest BCUT2D eigenvalue weighted by molar-refractivity contribution is 7.79. The van der Waals surface area contributed by atoms with Crippen molar-refractivity contribution >= 4 is 12.6 Å². The lowest BCUT2D eigenvalue weighted by molar-refractivity contribution is -0.478. The van der Waals surface area contributed by atoms with E-state index in [-0.39, 0.29) is 6.10 Å². The number of rotatable bonds is 8. The Morgan fingerprint density at radius 2 is 1.47 bits per heavy atom. The van der Waals surface area contributed by atoms with Crippen LogP contribution in [-0.2, 0) is 22.1 Å². The van der Waals surface area contributed by atoms with E-state index in [1.807, 2.05) is 42.5 Å². The van der Waals surface area contributed by atoms with Gasteiger partial charge in [0.25, 0.3) is 0 Å². The molecule has 0 N–H and O–H groups in total. The molecule has 0 fully saturated rings. The van der Waals surface area contributed by atoms with Gasteiger partial charge in [-0.25, -0.2) is 0 Å². The summed E-state index contributed by atoms with van der Waals surface area (Å²) < 4.78 is 5.19. The second-order valence-corrected chi connectivity index (χ2v) is 8.41. The second-order valence-electron chi connectivity index (χ2n) is 8.09. The van der Waals surface area contributed by atoms with Crippen LogP contribution in [0.3, 0.4) is 0 Å². The first-order valence-corrected chi connectivity index (χ1v) is 11.1. The molecule has 0 saturated heterocycles. The summed E-state index contributed by atoms with van der Waals surface area (Å²) in [5.74, 6) is 3.53. The molecule has 0 heterocycles. The summed E-state index contributed by atoms with van der Waals surface area (Å²) in [4.78, 5) is 10.5. The number of hydrogen-bond donors (Lipinski definition) is 1. The van der Waals surface area contributed by atoms with Crippen molar-refractivity contribution in [2.45, 2.75) is 51.9 Å². The zero-order valence-electron chi connectivity index (χ0n) is 18.4. The van der Waals surface area contributed by atoms with Gasteiger partial charge in [0.05, 0.1) is 7.11 Å². The Balaban J connectivity index is 0.000000735. The summed E-state index contributed by atoms with van der Waals surface area (Å²) in [6.07, 6.45) is 7.13. The molecule has 0 saturated carbocycles. The lowest BCUT2D eigenvalue weighted by atomic mass is 9.89. The Morgan fingerprint density at radius 1 is 0.867 bits per heavy atom. The van der Waals surface area contributed by atoms with Crippen molar-refractivity contribution in [3.05, 3.63) is 71.8 Å². The molecule has 2 aromatic carbocycles. The van der Waals surface area contributed by atoms with Gasteiger partial charge < -0.3 is 9.62 Å². The minimum atomic E-state index is -0.0844. The average Bonchev–Trinajstić information content (AvgIpc) is 2.76. The van der Waals surface area contributed by atoms with Gasteiger partial charge >= 0.3 is 0 Å². The quantitative estimate of drug-likeness (QED) is 0.221. The molecule has 164 valence electrons. The van der Waals surface area contributed by atoms with E-state index < -0.39 is 0 Å². The van der Waals surface area contributed by atoms with Crippen molar-refractivity contribution in [3.63, 3.8) is 0 Å². The fourth-order valence-corrected chi connectivity index (χ4v) is 3.14. The number of hydrogen-bond acceptors (Lipinski definition) is 5. The highest BCUT2D eigenvalue weighted by Crippen LogP contribution is 2.24. The van der Waals surface area contributed by atoms with Gasteiger partial charge in [0, 0.05) is 5.75 Å². The molecule has 2 unspecified atom stereocenters. The predicted octanol–water partition coefficient (Wildman–Crippen LogP) is 6.61. The van der Waals surface area contributed by atoms with Crippen LogP contribution in [0.4, 0.5) is 0 Å². The Morgan fingerprint density at radius 3 is 2.00 bits per heavy atom. The Labute approximate surface area is 186 Å². The zero-order valence-corrected chi connectivity index (χ0v) is 19.3. The van der Waals surface area contributed by atoms with E-state index in [0.29, 0.717) is 17.4 Å². The molecule has 0 bridgehead atoms. The molecule has 3 rings (SSSR count). The van der Waals surface area contributed by atoms with Gasteiger partial charge in [-0.3, -0.25) is 0 Å². The molecule has 5 heteroatoms. The third-order valence-electron chi connectivity index (χ3n) is 4.48. The molecule has 1 aliphatic carbocycles. The second kappa shape index (κ2) is 13.4. The maximum atomic E-state index is 5.33. The summed E-state index contributed by atoms with van der Waals surface area (Å²) in [5.41, 5.74) is 2.43. The van der Waals surface area contributed by atoms with Gasteiger partial charge in [-0.05, 0) is 71.5 Å². The van der Waals surface area contributed by atoms with Crippen molar-refractivity contribution in [2.24, 2.45) is 11.8 Å². The van der Waals surface area contributed by atoms with Crippen molar-refractivity contribution in [2.75, 3.05) is 7.11 Å². The summed E-state index contributed by atoms with van der Waals surface area (Å²) >= 11 is 4.22. The number of allylic oxidation sites excluding steroid dienone is 1. The molecule has 0 spiro atoms. The minimum absolute atomic E-state index is 0.0844. The lowest BCUT2D eigenvalue weighted by Gasteiger charge is -2.21. The molecular formula is C25H34O4S. The summed E-state index contributed by atoms with van der Waals surface area (Å²) in [6, 6.07) is 15.8. The Kier molecular flexibility index (Phi) is 10.8. The van der Waals surface area contributed by atoms with Crippen LogP contribution in [0.5, 0.6) is 11.5 Å². The van der Waals surface area contributed by atoms with E-state index in [9.17, 15) is 0 Å². The van der Waals surface area contributed by atoms with Gasteiger partial charge in [0.15, 0.2) is 5.75 Å². The van der Waals surface area contributed by atoms with E-state index >= 15 is 0 Å². The summed E-state index contributed by atoms with van der Waals surface area (Å²) in [6.45, 7) is 6.50. The third-order valence-corrected chi connectivity index (χ3v) is 4.84. The molecule has 0 aromatic heterocycles. The minimum Gasteiger partial charge on any atom is -0.497 e. The largest absolute Gasteiger partial charge is 0.497 e. The fourth-order valence-electron chi connectivity index (χ4n) is 2.93. The summed E-state index contributed by atoms with van der Waals surface area (Å²) in [7, 11) is 1.68.